The van der Waals surface area contributed by atoms with E-state index in [2.05, 4.69) is 20.9 Å². The Balaban J connectivity index is 1.77. The lowest BCUT2D eigenvalue weighted by Gasteiger charge is -2.15. The number of primary amides is 1. The van der Waals surface area contributed by atoms with Gasteiger partial charge in [0.15, 0.2) is 0 Å². The predicted molar refractivity (Wildman–Crippen MR) is 92.5 cm³/mol. The van der Waals surface area contributed by atoms with Crippen LogP contribution >= 0.6 is 0 Å². The first-order valence-electron chi connectivity index (χ1n) is 7.65. The SMILES string of the molecule is CC(NC(=O)NCCc1ccccn1)c1ccc(NC(N)=O)cc1. The molecule has 2 aromatic rings. The van der Waals surface area contributed by atoms with Crippen LogP contribution in [0.25, 0.3) is 0 Å². The quantitative estimate of drug-likeness (QED) is 0.653. The fraction of sp³-hybridized carbons (Fsp3) is 0.235. The average molecular weight is 327 g/mol. The van der Waals surface area contributed by atoms with Crippen molar-refractivity contribution < 1.29 is 9.59 Å². The van der Waals surface area contributed by atoms with Gasteiger partial charge in [-0.3, -0.25) is 4.98 Å². The number of aromatic nitrogens is 1. The largest absolute Gasteiger partial charge is 0.351 e. The number of anilines is 1. The van der Waals surface area contributed by atoms with Gasteiger partial charge in [-0.25, -0.2) is 9.59 Å². The van der Waals surface area contributed by atoms with E-state index in [-0.39, 0.29) is 12.1 Å². The van der Waals surface area contributed by atoms with Crippen molar-refractivity contribution in [2.24, 2.45) is 5.73 Å². The Morgan fingerprint density at radius 2 is 1.92 bits per heavy atom. The number of nitrogens with one attached hydrogen (secondary N) is 3. The molecule has 0 saturated heterocycles. The summed E-state index contributed by atoms with van der Waals surface area (Å²) >= 11 is 0. The maximum Gasteiger partial charge on any atom is 0.316 e. The van der Waals surface area contributed by atoms with Crippen LogP contribution in [0.2, 0.25) is 0 Å². The van der Waals surface area contributed by atoms with E-state index in [1.54, 1.807) is 18.3 Å². The lowest BCUT2D eigenvalue weighted by molar-refractivity contribution is 0.238. The number of pyridine rings is 1. The summed E-state index contributed by atoms with van der Waals surface area (Å²) in [7, 11) is 0. The molecule has 1 unspecified atom stereocenters. The monoisotopic (exact) mass is 327 g/mol. The maximum atomic E-state index is 11.9. The van der Waals surface area contributed by atoms with Crippen LogP contribution in [0.3, 0.4) is 0 Å². The van der Waals surface area contributed by atoms with E-state index < -0.39 is 6.03 Å². The van der Waals surface area contributed by atoms with Gasteiger partial charge in [-0.05, 0) is 36.8 Å². The number of carbonyl (C=O) groups excluding carboxylic acids is 2. The highest BCUT2D eigenvalue weighted by atomic mass is 16.2. The Bertz CT molecular complexity index is 673. The third kappa shape index (κ3) is 5.60. The topological polar surface area (TPSA) is 109 Å². The fourth-order valence-electron chi connectivity index (χ4n) is 2.18. The number of hydrogen-bond donors (Lipinski definition) is 4. The molecule has 0 aliphatic carbocycles. The first kappa shape index (κ1) is 17.3. The lowest BCUT2D eigenvalue weighted by Crippen LogP contribution is -2.38. The number of amides is 4. The van der Waals surface area contributed by atoms with Gasteiger partial charge in [0.05, 0.1) is 6.04 Å². The second kappa shape index (κ2) is 8.52. The van der Waals surface area contributed by atoms with Gasteiger partial charge in [-0.1, -0.05) is 18.2 Å². The third-order valence-electron chi connectivity index (χ3n) is 3.42. The summed E-state index contributed by atoms with van der Waals surface area (Å²) in [4.78, 5) is 26.9. The zero-order chi connectivity index (χ0) is 17.4. The maximum absolute atomic E-state index is 11.9. The van der Waals surface area contributed by atoms with E-state index in [9.17, 15) is 9.59 Å². The summed E-state index contributed by atoms with van der Waals surface area (Å²) in [5.41, 5.74) is 7.52. The summed E-state index contributed by atoms with van der Waals surface area (Å²) in [6.45, 7) is 2.39. The van der Waals surface area contributed by atoms with Crippen molar-refractivity contribution in [1.82, 2.24) is 15.6 Å². The Labute approximate surface area is 140 Å². The summed E-state index contributed by atoms with van der Waals surface area (Å²) < 4.78 is 0. The van der Waals surface area contributed by atoms with Gasteiger partial charge in [-0.15, -0.1) is 0 Å². The zero-order valence-corrected chi connectivity index (χ0v) is 13.5. The molecule has 7 nitrogen and oxygen atoms in total. The highest BCUT2D eigenvalue weighted by molar-refractivity contribution is 5.87. The number of hydrogen-bond acceptors (Lipinski definition) is 3. The standard InChI is InChI=1S/C17H21N5O2/c1-12(13-5-7-15(8-6-13)22-16(18)23)21-17(24)20-11-9-14-4-2-3-10-19-14/h2-8,10,12H,9,11H2,1H3,(H3,18,22,23)(H2,20,21,24). The Kier molecular flexibility index (Phi) is 6.13. The molecule has 0 radical (unpaired) electrons. The highest BCUT2D eigenvalue weighted by Gasteiger charge is 2.09. The number of urea groups is 2. The number of rotatable bonds is 6. The summed E-state index contributed by atoms with van der Waals surface area (Å²) in [5.74, 6) is 0. The van der Waals surface area contributed by atoms with Crippen molar-refractivity contribution in [3.63, 3.8) is 0 Å². The number of nitrogens with two attached hydrogens (primary N) is 1. The first-order valence-corrected chi connectivity index (χ1v) is 7.65. The molecule has 4 amide bonds. The van der Waals surface area contributed by atoms with Crippen molar-refractivity contribution in [3.8, 4) is 0 Å². The molecule has 0 bridgehead atoms. The van der Waals surface area contributed by atoms with Crippen molar-refractivity contribution >= 4 is 17.7 Å². The van der Waals surface area contributed by atoms with Crippen LogP contribution in [0, 0.1) is 0 Å². The molecule has 126 valence electrons. The van der Waals surface area contributed by atoms with Crippen molar-refractivity contribution in [1.29, 1.82) is 0 Å². The van der Waals surface area contributed by atoms with E-state index in [0.29, 0.717) is 18.7 Å². The molecule has 0 spiro atoms. The summed E-state index contributed by atoms with van der Waals surface area (Å²) in [5, 5.41) is 8.15. The van der Waals surface area contributed by atoms with Gasteiger partial charge < -0.3 is 21.7 Å². The van der Waals surface area contributed by atoms with E-state index in [1.165, 1.54) is 0 Å². The van der Waals surface area contributed by atoms with Crippen LogP contribution in [0.15, 0.2) is 48.7 Å². The summed E-state index contributed by atoms with van der Waals surface area (Å²) in [6.07, 6.45) is 2.41. The van der Waals surface area contributed by atoms with Gasteiger partial charge in [0.2, 0.25) is 0 Å². The average Bonchev–Trinajstić information content (AvgIpc) is 2.56. The first-order chi connectivity index (χ1) is 11.5. The molecule has 0 saturated carbocycles. The minimum absolute atomic E-state index is 0.164. The lowest BCUT2D eigenvalue weighted by atomic mass is 10.1. The van der Waals surface area contributed by atoms with Crippen LogP contribution in [-0.4, -0.2) is 23.6 Å². The molecule has 1 aromatic heterocycles. The van der Waals surface area contributed by atoms with Crippen LogP contribution in [0.1, 0.15) is 24.2 Å². The molecule has 7 heteroatoms. The molecular weight excluding hydrogens is 306 g/mol. The number of benzene rings is 1. The van der Waals surface area contributed by atoms with E-state index in [4.69, 9.17) is 5.73 Å². The predicted octanol–water partition coefficient (Wildman–Crippen LogP) is 2.18. The van der Waals surface area contributed by atoms with Gasteiger partial charge in [-0.2, -0.15) is 0 Å². The molecule has 24 heavy (non-hydrogen) atoms. The van der Waals surface area contributed by atoms with Crippen LogP contribution < -0.4 is 21.7 Å². The van der Waals surface area contributed by atoms with Gasteiger partial charge >= 0.3 is 12.1 Å². The zero-order valence-electron chi connectivity index (χ0n) is 13.5. The van der Waals surface area contributed by atoms with Crippen LogP contribution in [0.5, 0.6) is 0 Å². The second-order valence-electron chi connectivity index (χ2n) is 5.30. The van der Waals surface area contributed by atoms with Gasteiger partial charge in [0.25, 0.3) is 0 Å². The number of carbonyl (C=O) groups is 2. The minimum Gasteiger partial charge on any atom is -0.351 e. The Morgan fingerprint density at radius 3 is 2.54 bits per heavy atom. The second-order valence-corrected chi connectivity index (χ2v) is 5.30. The van der Waals surface area contributed by atoms with Crippen molar-refractivity contribution in [2.75, 3.05) is 11.9 Å². The van der Waals surface area contributed by atoms with E-state index >= 15 is 0 Å². The molecule has 2 rings (SSSR count). The molecular formula is C17H21N5O2. The van der Waals surface area contributed by atoms with Crippen LogP contribution in [0.4, 0.5) is 15.3 Å². The van der Waals surface area contributed by atoms with Crippen molar-refractivity contribution in [2.45, 2.75) is 19.4 Å². The van der Waals surface area contributed by atoms with Gasteiger partial charge in [0, 0.05) is 30.5 Å². The molecule has 1 atom stereocenters. The highest BCUT2D eigenvalue weighted by Crippen LogP contribution is 2.15. The smallest absolute Gasteiger partial charge is 0.316 e. The number of nitrogens with zero attached hydrogens (tertiary/aromatic N) is 1. The van der Waals surface area contributed by atoms with E-state index in [0.717, 1.165) is 11.3 Å². The molecule has 1 aromatic carbocycles. The molecule has 0 fully saturated rings. The molecule has 1 heterocycles. The minimum atomic E-state index is -0.610. The van der Waals surface area contributed by atoms with Crippen LogP contribution in [-0.2, 0) is 6.42 Å². The Morgan fingerprint density at radius 1 is 1.17 bits per heavy atom. The van der Waals surface area contributed by atoms with Crippen molar-refractivity contribution in [3.05, 3.63) is 59.9 Å². The molecule has 0 aliphatic heterocycles. The van der Waals surface area contributed by atoms with E-state index in [1.807, 2.05) is 37.3 Å². The fourth-order valence-corrected chi connectivity index (χ4v) is 2.18. The molecule has 0 aliphatic rings. The third-order valence-corrected chi connectivity index (χ3v) is 3.42. The molecule has 5 N–H and O–H groups in total. The normalized spacial score (nSPS) is 11.4. The Hall–Kier alpha value is -3.09. The summed E-state index contributed by atoms with van der Waals surface area (Å²) in [6, 6.07) is 11.8. The van der Waals surface area contributed by atoms with Gasteiger partial charge in [0.1, 0.15) is 0 Å².